The minimum atomic E-state index is -1.29. The molecule has 0 fully saturated rings. The Morgan fingerprint density at radius 1 is 1.50 bits per heavy atom. The Morgan fingerprint density at radius 3 is 2.79 bits per heavy atom. The molecule has 0 saturated carbocycles. The van der Waals surface area contributed by atoms with Crippen LogP contribution in [0.1, 0.15) is 10.7 Å². The lowest BCUT2D eigenvalue weighted by Crippen LogP contribution is -1.95. The van der Waals surface area contributed by atoms with Crippen molar-refractivity contribution >= 4 is 17.6 Å². The smallest absolute Gasteiger partial charge is 0.394 e. The quantitative estimate of drug-likeness (QED) is 0.818. The van der Waals surface area contributed by atoms with E-state index in [2.05, 4.69) is 14.7 Å². The minimum Gasteiger partial charge on any atom is -0.474 e. The molecule has 2 aromatic rings. The van der Waals surface area contributed by atoms with Crippen LogP contribution in [0.25, 0.3) is 11.6 Å². The highest BCUT2D eigenvalue weighted by Gasteiger charge is 2.16. The van der Waals surface area contributed by atoms with Crippen LogP contribution in [0.5, 0.6) is 0 Å². The van der Waals surface area contributed by atoms with Crippen LogP contribution in [-0.2, 0) is 0 Å². The molecular weight excluding hydrogens is 212 g/mol. The van der Waals surface area contributed by atoms with Crippen LogP contribution >= 0.6 is 11.6 Å². The molecule has 0 atom stereocenters. The summed E-state index contributed by atoms with van der Waals surface area (Å²) in [5, 5.41) is 12.1. The third-order valence-electron chi connectivity index (χ3n) is 1.40. The van der Waals surface area contributed by atoms with Crippen molar-refractivity contribution in [3.63, 3.8) is 0 Å². The van der Waals surface area contributed by atoms with Crippen LogP contribution < -0.4 is 0 Å². The molecule has 0 amide bonds. The Bertz CT molecular complexity index is 475. The van der Waals surface area contributed by atoms with Crippen molar-refractivity contribution in [2.45, 2.75) is 0 Å². The van der Waals surface area contributed by atoms with E-state index in [-0.39, 0.29) is 16.8 Å². The Kier molecular flexibility index (Phi) is 1.97. The zero-order chi connectivity index (χ0) is 10.1. The number of halogens is 1. The van der Waals surface area contributed by atoms with E-state index in [0.29, 0.717) is 0 Å². The van der Waals surface area contributed by atoms with Gasteiger partial charge in [-0.3, -0.25) is 0 Å². The van der Waals surface area contributed by atoms with E-state index in [0.717, 1.165) is 0 Å². The second kappa shape index (κ2) is 3.15. The van der Waals surface area contributed by atoms with Gasteiger partial charge >= 0.3 is 11.9 Å². The van der Waals surface area contributed by atoms with Crippen molar-refractivity contribution in [2.24, 2.45) is 0 Å². The SMILES string of the molecule is O=C(O)c1nc(-c2ccc(Cl)o2)no1. The van der Waals surface area contributed by atoms with Gasteiger partial charge in [0.05, 0.1) is 0 Å². The van der Waals surface area contributed by atoms with Gasteiger partial charge < -0.3 is 14.0 Å². The summed E-state index contributed by atoms with van der Waals surface area (Å²) in [6, 6.07) is 3.01. The van der Waals surface area contributed by atoms with Crippen molar-refractivity contribution in [3.8, 4) is 11.6 Å². The van der Waals surface area contributed by atoms with Gasteiger partial charge in [0.25, 0.3) is 0 Å². The van der Waals surface area contributed by atoms with Crippen LogP contribution in [0.15, 0.2) is 21.1 Å². The molecule has 1 N–H and O–H groups in total. The van der Waals surface area contributed by atoms with Gasteiger partial charge in [-0.15, -0.1) is 0 Å². The molecule has 0 aliphatic rings. The topological polar surface area (TPSA) is 89.4 Å². The Morgan fingerprint density at radius 2 is 2.29 bits per heavy atom. The largest absolute Gasteiger partial charge is 0.474 e. The van der Waals surface area contributed by atoms with Gasteiger partial charge in [0, 0.05) is 0 Å². The fourth-order valence-electron chi connectivity index (χ4n) is 0.845. The number of carboxylic acid groups (broad SMARTS) is 1. The molecule has 2 aromatic heterocycles. The fourth-order valence-corrected chi connectivity index (χ4v) is 0.991. The zero-order valence-corrected chi connectivity index (χ0v) is 7.35. The second-order valence-corrected chi connectivity index (χ2v) is 2.70. The number of aromatic nitrogens is 2. The molecule has 0 bridgehead atoms. The highest BCUT2D eigenvalue weighted by molar-refractivity contribution is 6.28. The molecule has 7 heteroatoms. The van der Waals surface area contributed by atoms with Crippen molar-refractivity contribution in [2.75, 3.05) is 0 Å². The summed E-state index contributed by atoms with van der Waals surface area (Å²) < 4.78 is 9.38. The number of furan rings is 1. The summed E-state index contributed by atoms with van der Waals surface area (Å²) >= 11 is 5.51. The van der Waals surface area contributed by atoms with Gasteiger partial charge in [-0.2, -0.15) is 4.98 Å². The maximum absolute atomic E-state index is 10.4. The van der Waals surface area contributed by atoms with Crippen molar-refractivity contribution in [1.29, 1.82) is 0 Å². The number of hydrogen-bond donors (Lipinski definition) is 1. The molecule has 0 aliphatic carbocycles. The molecule has 0 aromatic carbocycles. The first kappa shape index (κ1) is 8.76. The number of carbonyl (C=O) groups is 1. The third-order valence-corrected chi connectivity index (χ3v) is 1.61. The average Bonchev–Trinajstić information content (AvgIpc) is 2.70. The summed E-state index contributed by atoms with van der Waals surface area (Å²) in [5.41, 5.74) is 0. The fraction of sp³-hybridized carbons (Fsp3) is 0. The lowest BCUT2D eigenvalue weighted by molar-refractivity contribution is 0.0643. The molecule has 0 aliphatic heterocycles. The van der Waals surface area contributed by atoms with Crippen LogP contribution in [-0.4, -0.2) is 21.2 Å². The molecule has 0 unspecified atom stereocenters. The van der Waals surface area contributed by atoms with Crippen molar-refractivity contribution in [1.82, 2.24) is 10.1 Å². The first-order chi connectivity index (χ1) is 6.66. The maximum Gasteiger partial charge on any atom is 0.394 e. The molecule has 0 spiro atoms. The Labute approximate surface area is 82.1 Å². The third kappa shape index (κ3) is 1.47. The molecule has 0 saturated heterocycles. The van der Waals surface area contributed by atoms with E-state index >= 15 is 0 Å². The van der Waals surface area contributed by atoms with Crippen molar-refractivity contribution in [3.05, 3.63) is 23.2 Å². The van der Waals surface area contributed by atoms with Crippen LogP contribution in [0, 0.1) is 0 Å². The highest BCUT2D eigenvalue weighted by Crippen LogP contribution is 2.21. The van der Waals surface area contributed by atoms with Gasteiger partial charge in [-0.1, -0.05) is 5.16 Å². The second-order valence-electron chi connectivity index (χ2n) is 2.33. The summed E-state index contributed by atoms with van der Waals surface area (Å²) in [4.78, 5) is 14.0. The molecule has 72 valence electrons. The van der Waals surface area contributed by atoms with Gasteiger partial charge in [0.2, 0.25) is 5.82 Å². The van der Waals surface area contributed by atoms with Gasteiger partial charge in [-0.05, 0) is 23.7 Å². The molecule has 6 nitrogen and oxygen atoms in total. The maximum atomic E-state index is 10.4. The van der Waals surface area contributed by atoms with E-state index in [1.54, 1.807) is 0 Å². The van der Waals surface area contributed by atoms with E-state index in [9.17, 15) is 4.79 Å². The first-order valence-electron chi connectivity index (χ1n) is 3.49. The zero-order valence-electron chi connectivity index (χ0n) is 6.60. The summed E-state index contributed by atoms with van der Waals surface area (Å²) in [6.45, 7) is 0. The van der Waals surface area contributed by atoms with Gasteiger partial charge in [-0.25, -0.2) is 4.79 Å². The Hall–Kier alpha value is -1.82. The standard InChI is InChI=1S/C7H3ClN2O4/c8-4-2-1-3(13-4)5-9-6(7(11)12)14-10-5/h1-2H,(H,11,12). The van der Waals surface area contributed by atoms with E-state index in [1.165, 1.54) is 12.1 Å². The molecule has 0 radical (unpaired) electrons. The molecule has 14 heavy (non-hydrogen) atoms. The lowest BCUT2D eigenvalue weighted by Gasteiger charge is -1.82. The predicted octanol–water partition coefficient (Wildman–Crippen LogP) is 1.68. The summed E-state index contributed by atoms with van der Waals surface area (Å²) in [5.74, 6) is -1.48. The number of aromatic carboxylic acids is 1. The van der Waals surface area contributed by atoms with Gasteiger partial charge in [0.1, 0.15) is 0 Å². The summed E-state index contributed by atoms with van der Waals surface area (Å²) in [7, 11) is 0. The average molecular weight is 215 g/mol. The van der Waals surface area contributed by atoms with Crippen LogP contribution in [0.2, 0.25) is 5.22 Å². The summed E-state index contributed by atoms with van der Waals surface area (Å²) in [6.07, 6.45) is 0. The van der Waals surface area contributed by atoms with Crippen LogP contribution in [0.4, 0.5) is 0 Å². The number of nitrogens with zero attached hydrogens (tertiary/aromatic N) is 2. The number of carboxylic acids is 1. The molecular formula is C7H3ClN2O4. The molecule has 2 heterocycles. The monoisotopic (exact) mass is 214 g/mol. The minimum absolute atomic E-state index is 0.0503. The van der Waals surface area contributed by atoms with E-state index in [4.69, 9.17) is 21.1 Å². The lowest BCUT2D eigenvalue weighted by atomic mass is 10.4. The molecule has 2 rings (SSSR count). The van der Waals surface area contributed by atoms with Crippen LogP contribution in [0.3, 0.4) is 0 Å². The predicted molar refractivity (Wildman–Crippen MR) is 44.0 cm³/mol. The van der Waals surface area contributed by atoms with Gasteiger partial charge in [0.15, 0.2) is 11.0 Å². The number of hydrogen-bond acceptors (Lipinski definition) is 5. The highest BCUT2D eigenvalue weighted by atomic mass is 35.5. The van der Waals surface area contributed by atoms with Crippen molar-refractivity contribution < 1.29 is 18.8 Å². The van der Waals surface area contributed by atoms with E-state index < -0.39 is 11.9 Å². The van der Waals surface area contributed by atoms with E-state index in [1.807, 2.05) is 0 Å². The Balaban J connectivity index is 2.38. The normalized spacial score (nSPS) is 10.4. The first-order valence-corrected chi connectivity index (χ1v) is 3.87. The number of rotatable bonds is 2.